The number of rotatable bonds is 3. The van der Waals surface area contributed by atoms with Crippen LogP contribution in [0.4, 0.5) is 5.69 Å². The van der Waals surface area contributed by atoms with Gasteiger partial charge in [0.25, 0.3) is 0 Å². The van der Waals surface area contributed by atoms with Gasteiger partial charge >= 0.3 is 0 Å². The maximum absolute atomic E-state index is 12.0. The van der Waals surface area contributed by atoms with Gasteiger partial charge in [-0.05, 0) is 36.5 Å². The van der Waals surface area contributed by atoms with Gasteiger partial charge in [0.15, 0.2) is 0 Å². The lowest BCUT2D eigenvalue weighted by molar-refractivity contribution is -0.158. The molecule has 1 aliphatic heterocycles. The Balaban J connectivity index is 1.55. The summed E-state index contributed by atoms with van der Waals surface area (Å²) in [5.74, 6) is 0.517. The molecule has 0 radical (unpaired) electrons. The van der Waals surface area contributed by atoms with E-state index < -0.39 is 5.60 Å². The summed E-state index contributed by atoms with van der Waals surface area (Å²) >= 11 is 0. The molecule has 18 heavy (non-hydrogen) atoms. The molecule has 0 unspecified atom stereocenters. The zero-order valence-corrected chi connectivity index (χ0v) is 10.3. The van der Waals surface area contributed by atoms with E-state index in [1.54, 1.807) is 17.0 Å². The van der Waals surface area contributed by atoms with E-state index in [-0.39, 0.29) is 5.91 Å². The quantitative estimate of drug-likeness (QED) is 0.775. The molecule has 0 bridgehead atoms. The molecule has 4 nitrogen and oxygen atoms in total. The van der Waals surface area contributed by atoms with Gasteiger partial charge < -0.3 is 15.7 Å². The number of aliphatic hydroxyl groups is 1. The van der Waals surface area contributed by atoms with E-state index in [0.717, 1.165) is 18.4 Å². The number of carbonyl (C=O) groups is 1. The van der Waals surface area contributed by atoms with Crippen LogP contribution < -0.4 is 5.73 Å². The zero-order valence-electron chi connectivity index (χ0n) is 10.3. The van der Waals surface area contributed by atoms with Crippen molar-refractivity contribution >= 4 is 11.6 Å². The fraction of sp³-hybridized carbons (Fsp3) is 0.500. The average molecular weight is 246 g/mol. The lowest BCUT2D eigenvalue weighted by Crippen LogP contribution is -2.65. The minimum Gasteiger partial charge on any atom is -0.399 e. The van der Waals surface area contributed by atoms with Gasteiger partial charge in [-0.25, -0.2) is 0 Å². The molecule has 1 saturated heterocycles. The highest BCUT2D eigenvalue weighted by atomic mass is 16.3. The Hall–Kier alpha value is -1.55. The minimum atomic E-state index is -0.587. The van der Waals surface area contributed by atoms with Gasteiger partial charge in [0.2, 0.25) is 5.91 Å². The summed E-state index contributed by atoms with van der Waals surface area (Å²) in [5.41, 5.74) is 6.69. The van der Waals surface area contributed by atoms with Crippen LogP contribution in [0, 0.1) is 5.92 Å². The SMILES string of the molecule is Nc1ccc(CC(=O)N2CC(O)(C3CC3)C2)cc1. The molecular formula is C14H18N2O2. The molecule has 0 atom stereocenters. The van der Waals surface area contributed by atoms with Gasteiger partial charge in [0, 0.05) is 5.69 Å². The Kier molecular flexibility index (Phi) is 2.55. The maximum Gasteiger partial charge on any atom is 0.227 e. The Morgan fingerprint density at radius 2 is 1.94 bits per heavy atom. The number of carbonyl (C=O) groups excluding carboxylic acids is 1. The van der Waals surface area contributed by atoms with Crippen molar-refractivity contribution in [1.82, 2.24) is 4.90 Å². The third kappa shape index (κ3) is 2.08. The molecule has 1 heterocycles. The van der Waals surface area contributed by atoms with Crippen LogP contribution in [-0.4, -0.2) is 34.6 Å². The minimum absolute atomic E-state index is 0.0881. The second-order valence-corrected chi connectivity index (χ2v) is 5.55. The monoisotopic (exact) mass is 246 g/mol. The summed E-state index contributed by atoms with van der Waals surface area (Å²) in [6.45, 7) is 1.01. The lowest BCUT2D eigenvalue weighted by Gasteiger charge is -2.47. The summed E-state index contributed by atoms with van der Waals surface area (Å²) in [7, 11) is 0. The molecule has 1 amide bonds. The highest BCUT2D eigenvalue weighted by Gasteiger charge is 2.53. The first kappa shape index (κ1) is 11.5. The fourth-order valence-corrected chi connectivity index (χ4v) is 2.59. The van der Waals surface area contributed by atoms with E-state index in [4.69, 9.17) is 5.73 Å². The largest absolute Gasteiger partial charge is 0.399 e. The van der Waals surface area contributed by atoms with Gasteiger partial charge in [-0.1, -0.05) is 12.1 Å². The molecule has 1 aromatic carbocycles. The summed E-state index contributed by atoms with van der Waals surface area (Å²) in [5, 5.41) is 10.2. The van der Waals surface area contributed by atoms with Crippen molar-refractivity contribution in [2.75, 3.05) is 18.8 Å². The molecular weight excluding hydrogens is 228 g/mol. The van der Waals surface area contributed by atoms with Crippen molar-refractivity contribution < 1.29 is 9.90 Å². The highest BCUT2D eigenvalue weighted by molar-refractivity contribution is 5.80. The Bertz CT molecular complexity index is 459. The number of likely N-dealkylation sites (tertiary alicyclic amines) is 1. The van der Waals surface area contributed by atoms with Crippen molar-refractivity contribution in [2.24, 2.45) is 5.92 Å². The van der Waals surface area contributed by atoms with E-state index >= 15 is 0 Å². The molecule has 2 aliphatic rings. The van der Waals surface area contributed by atoms with Crippen LogP contribution in [0.1, 0.15) is 18.4 Å². The van der Waals surface area contributed by atoms with Gasteiger partial charge in [0.1, 0.15) is 5.60 Å². The molecule has 1 aliphatic carbocycles. The predicted molar refractivity (Wildman–Crippen MR) is 68.8 cm³/mol. The van der Waals surface area contributed by atoms with Crippen molar-refractivity contribution in [3.63, 3.8) is 0 Å². The summed E-state index contributed by atoms with van der Waals surface area (Å²) in [6.07, 6.45) is 2.61. The summed E-state index contributed by atoms with van der Waals surface area (Å²) in [6, 6.07) is 7.36. The molecule has 0 spiro atoms. The third-order valence-electron chi connectivity index (χ3n) is 3.95. The van der Waals surface area contributed by atoms with E-state index in [2.05, 4.69) is 0 Å². The summed E-state index contributed by atoms with van der Waals surface area (Å²) in [4.78, 5) is 13.7. The number of anilines is 1. The normalized spacial score (nSPS) is 21.5. The molecule has 4 heteroatoms. The van der Waals surface area contributed by atoms with E-state index in [9.17, 15) is 9.90 Å². The van der Waals surface area contributed by atoms with E-state index in [0.29, 0.717) is 31.1 Å². The van der Waals surface area contributed by atoms with Crippen molar-refractivity contribution in [3.05, 3.63) is 29.8 Å². The Morgan fingerprint density at radius 1 is 1.33 bits per heavy atom. The molecule has 96 valence electrons. The first-order valence-electron chi connectivity index (χ1n) is 6.41. The van der Waals surface area contributed by atoms with Crippen molar-refractivity contribution in [2.45, 2.75) is 24.9 Å². The van der Waals surface area contributed by atoms with Crippen molar-refractivity contribution in [1.29, 1.82) is 0 Å². The topological polar surface area (TPSA) is 66.6 Å². The van der Waals surface area contributed by atoms with Crippen LogP contribution in [-0.2, 0) is 11.2 Å². The average Bonchev–Trinajstić information content (AvgIpc) is 3.12. The van der Waals surface area contributed by atoms with Crippen molar-refractivity contribution in [3.8, 4) is 0 Å². The summed E-state index contributed by atoms with van der Waals surface area (Å²) < 4.78 is 0. The van der Waals surface area contributed by atoms with Crippen LogP contribution in [0.15, 0.2) is 24.3 Å². The standard InChI is InChI=1S/C14H18N2O2/c15-12-5-1-10(2-6-12)7-13(17)16-8-14(18,9-16)11-3-4-11/h1-2,5-6,11,18H,3-4,7-9,15H2. The number of hydrogen-bond donors (Lipinski definition) is 2. The first-order chi connectivity index (χ1) is 8.57. The Morgan fingerprint density at radius 3 is 2.50 bits per heavy atom. The molecule has 3 N–H and O–H groups in total. The van der Waals surface area contributed by atoms with E-state index in [1.807, 2.05) is 12.1 Å². The predicted octanol–water partition coefficient (Wildman–Crippen LogP) is 0.795. The van der Waals surface area contributed by atoms with Gasteiger partial charge in [-0.2, -0.15) is 0 Å². The smallest absolute Gasteiger partial charge is 0.227 e. The number of β-amino-alcohol motifs (C(OH)–C–C–N with tert-alkyl or cyclic N) is 1. The fourth-order valence-electron chi connectivity index (χ4n) is 2.59. The number of nitrogen functional groups attached to an aromatic ring is 1. The molecule has 2 fully saturated rings. The third-order valence-corrected chi connectivity index (χ3v) is 3.95. The highest BCUT2D eigenvalue weighted by Crippen LogP contribution is 2.44. The van der Waals surface area contributed by atoms with Crippen LogP contribution >= 0.6 is 0 Å². The van der Waals surface area contributed by atoms with Crippen LogP contribution in [0.25, 0.3) is 0 Å². The second-order valence-electron chi connectivity index (χ2n) is 5.55. The van der Waals surface area contributed by atoms with Crippen LogP contribution in [0.2, 0.25) is 0 Å². The number of amides is 1. The number of nitrogens with zero attached hydrogens (tertiary/aromatic N) is 1. The molecule has 1 aromatic rings. The van der Waals surface area contributed by atoms with Crippen LogP contribution in [0.3, 0.4) is 0 Å². The van der Waals surface area contributed by atoms with Gasteiger partial charge in [-0.3, -0.25) is 4.79 Å². The number of hydrogen-bond acceptors (Lipinski definition) is 3. The number of benzene rings is 1. The van der Waals surface area contributed by atoms with Gasteiger partial charge in [0.05, 0.1) is 19.5 Å². The van der Waals surface area contributed by atoms with E-state index in [1.165, 1.54) is 0 Å². The molecule has 3 rings (SSSR count). The molecule has 1 saturated carbocycles. The zero-order chi connectivity index (χ0) is 12.8. The molecule has 0 aromatic heterocycles. The maximum atomic E-state index is 12.0. The second kappa shape index (κ2) is 3.99. The first-order valence-corrected chi connectivity index (χ1v) is 6.41. The Labute approximate surface area is 106 Å². The van der Waals surface area contributed by atoms with Crippen LogP contribution in [0.5, 0.6) is 0 Å². The van der Waals surface area contributed by atoms with Gasteiger partial charge in [-0.15, -0.1) is 0 Å². The number of nitrogens with two attached hydrogens (primary N) is 1. The lowest BCUT2D eigenvalue weighted by atomic mass is 9.88.